The maximum atomic E-state index is 6.01. The number of hydrogen-bond acceptors (Lipinski definition) is 4. The average Bonchev–Trinajstić information content (AvgIpc) is 2.42. The topological polar surface area (TPSA) is 47.7 Å². The van der Waals surface area contributed by atoms with Gasteiger partial charge in [-0.3, -0.25) is 0 Å². The molecule has 0 heterocycles. The number of likely N-dealkylation sites (N-methyl/N-ethyl adjacent to an activating group) is 1. The van der Waals surface area contributed by atoms with Gasteiger partial charge in [0.05, 0.1) is 18.8 Å². The van der Waals surface area contributed by atoms with E-state index in [4.69, 9.17) is 15.2 Å². The van der Waals surface area contributed by atoms with Gasteiger partial charge < -0.3 is 20.1 Å². The van der Waals surface area contributed by atoms with E-state index in [1.807, 2.05) is 25.1 Å². The number of nitrogens with zero attached hydrogens (tertiary/aromatic N) is 1. The molecule has 0 aliphatic heterocycles. The second-order valence-electron chi connectivity index (χ2n) is 5.17. The lowest BCUT2D eigenvalue weighted by atomic mass is 9.72. The summed E-state index contributed by atoms with van der Waals surface area (Å²) in [6.07, 6.45) is 2.33. The number of nitrogens with two attached hydrogens (primary N) is 1. The third kappa shape index (κ3) is 2.69. The zero-order chi connectivity index (χ0) is 13.9. The molecule has 4 heteroatoms. The Bertz CT molecular complexity index is 416. The molecular formula is C15H24N2O2. The molecule has 0 saturated heterocycles. The summed E-state index contributed by atoms with van der Waals surface area (Å²) in [7, 11) is 3.79. The lowest BCUT2D eigenvalue weighted by Crippen LogP contribution is -2.63. The monoisotopic (exact) mass is 264 g/mol. The van der Waals surface area contributed by atoms with E-state index in [9.17, 15) is 0 Å². The Morgan fingerprint density at radius 1 is 1.42 bits per heavy atom. The van der Waals surface area contributed by atoms with Gasteiger partial charge in [-0.1, -0.05) is 6.07 Å². The van der Waals surface area contributed by atoms with Gasteiger partial charge in [0.25, 0.3) is 0 Å². The van der Waals surface area contributed by atoms with Crippen molar-refractivity contribution in [3.63, 3.8) is 0 Å². The van der Waals surface area contributed by atoms with Crippen molar-refractivity contribution in [1.82, 2.24) is 0 Å². The van der Waals surface area contributed by atoms with E-state index < -0.39 is 0 Å². The van der Waals surface area contributed by atoms with Crippen LogP contribution >= 0.6 is 0 Å². The van der Waals surface area contributed by atoms with Gasteiger partial charge in [-0.2, -0.15) is 0 Å². The minimum absolute atomic E-state index is 0.0200. The summed E-state index contributed by atoms with van der Waals surface area (Å²) < 4.78 is 10.9. The first kappa shape index (κ1) is 14.2. The minimum Gasteiger partial charge on any atom is -0.497 e. The third-order valence-corrected chi connectivity index (χ3v) is 4.15. The molecule has 1 aromatic rings. The normalized spacial score (nSPS) is 25.8. The zero-order valence-electron chi connectivity index (χ0n) is 12.1. The van der Waals surface area contributed by atoms with Crippen LogP contribution in [0.1, 0.15) is 19.8 Å². The number of methoxy groups -OCH3 is 1. The number of ether oxygens (including phenoxy) is 2. The summed E-state index contributed by atoms with van der Waals surface area (Å²) in [4.78, 5) is 2.27. The molecule has 4 nitrogen and oxygen atoms in total. The molecule has 1 aliphatic carbocycles. The number of hydrogen-bond donors (Lipinski definition) is 1. The summed E-state index contributed by atoms with van der Waals surface area (Å²) in [6, 6.07) is 8.10. The smallest absolute Gasteiger partial charge is 0.120 e. The summed E-state index contributed by atoms with van der Waals surface area (Å²) in [5.41, 5.74) is 7.17. The Hall–Kier alpha value is -1.26. The van der Waals surface area contributed by atoms with Gasteiger partial charge in [0.2, 0.25) is 0 Å². The second kappa shape index (κ2) is 5.80. The third-order valence-electron chi connectivity index (χ3n) is 4.15. The summed E-state index contributed by atoms with van der Waals surface area (Å²) in [5.74, 6) is 0.872. The van der Waals surface area contributed by atoms with Crippen LogP contribution in [0.4, 0.5) is 5.69 Å². The van der Waals surface area contributed by atoms with Crippen molar-refractivity contribution >= 4 is 5.69 Å². The van der Waals surface area contributed by atoms with E-state index >= 15 is 0 Å². The van der Waals surface area contributed by atoms with Crippen LogP contribution in [0.15, 0.2) is 24.3 Å². The molecule has 0 aromatic heterocycles. The molecule has 0 bridgehead atoms. The molecule has 0 amide bonds. The molecule has 1 fully saturated rings. The highest BCUT2D eigenvalue weighted by Gasteiger charge is 2.47. The molecule has 1 saturated carbocycles. The maximum Gasteiger partial charge on any atom is 0.120 e. The molecule has 1 aromatic carbocycles. The van der Waals surface area contributed by atoms with Gasteiger partial charge >= 0.3 is 0 Å². The van der Waals surface area contributed by atoms with Crippen LogP contribution in [0.3, 0.4) is 0 Å². The molecule has 1 aliphatic rings. The first-order chi connectivity index (χ1) is 9.15. The Balaban J connectivity index is 2.11. The first-order valence-corrected chi connectivity index (χ1v) is 6.85. The second-order valence-corrected chi connectivity index (χ2v) is 5.17. The van der Waals surface area contributed by atoms with E-state index in [2.05, 4.69) is 18.0 Å². The molecular weight excluding hydrogens is 240 g/mol. The van der Waals surface area contributed by atoms with Gasteiger partial charge in [-0.25, -0.2) is 0 Å². The van der Waals surface area contributed by atoms with Crippen LogP contribution in [-0.2, 0) is 4.74 Å². The van der Waals surface area contributed by atoms with Gasteiger partial charge in [-0.05, 0) is 31.9 Å². The molecule has 0 atom stereocenters. The SMILES string of the molecule is CCOC1CC(CN)(N(C)c2cccc(OC)c2)C1. The molecule has 0 spiro atoms. The molecule has 106 valence electrons. The first-order valence-electron chi connectivity index (χ1n) is 6.85. The van der Waals surface area contributed by atoms with Crippen LogP contribution < -0.4 is 15.4 Å². The summed E-state index contributed by atoms with van der Waals surface area (Å²) in [5, 5.41) is 0. The van der Waals surface area contributed by atoms with Gasteiger partial charge in [0, 0.05) is 32.0 Å². The molecule has 2 rings (SSSR count). The molecule has 19 heavy (non-hydrogen) atoms. The Morgan fingerprint density at radius 3 is 2.74 bits per heavy atom. The van der Waals surface area contributed by atoms with Crippen molar-refractivity contribution in [2.24, 2.45) is 5.73 Å². The highest BCUT2D eigenvalue weighted by molar-refractivity contribution is 5.53. The maximum absolute atomic E-state index is 6.01. The minimum atomic E-state index is 0.0200. The average molecular weight is 264 g/mol. The predicted molar refractivity (Wildman–Crippen MR) is 77.8 cm³/mol. The number of rotatable bonds is 6. The van der Waals surface area contributed by atoms with Crippen molar-refractivity contribution in [2.45, 2.75) is 31.4 Å². The largest absolute Gasteiger partial charge is 0.497 e. The fourth-order valence-corrected chi connectivity index (χ4v) is 2.81. The van der Waals surface area contributed by atoms with Crippen LogP contribution in [0.25, 0.3) is 0 Å². The van der Waals surface area contributed by atoms with E-state index in [1.165, 1.54) is 0 Å². The lowest BCUT2D eigenvalue weighted by Gasteiger charge is -2.53. The predicted octanol–water partition coefficient (Wildman–Crippen LogP) is 2.03. The summed E-state index contributed by atoms with van der Waals surface area (Å²) >= 11 is 0. The zero-order valence-corrected chi connectivity index (χ0v) is 12.1. The molecule has 0 radical (unpaired) electrons. The number of benzene rings is 1. The lowest BCUT2D eigenvalue weighted by molar-refractivity contribution is -0.0355. The quantitative estimate of drug-likeness (QED) is 0.854. The standard InChI is InChI=1S/C15H24N2O2/c1-4-19-14-9-15(10-14,11-16)17(2)12-6-5-7-13(8-12)18-3/h5-8,14H,4,9-11,16H2,1-3H3. The van der Waals surface area contributed by atoms with Crippen LogP contribution in [0, 0.1) is 0 Å². The Kier molecular flexibility index (Phi) is 4.32. The van der Waals surface area contributed by atoms with E-state index in [-0.39, 0.29) is 5.54 Å². The van der Waals surface area contributed by atoms with E-state index in [0.717, 1.165) is 30.9 Å². The highest BCUT2D eigenvalue weighted by atomic mass is 16.5. The van der Waals surface area contributed by atoms with Crippen LogP contribution in [-0.4, -0.2) is 39.0 Å². The van der Waals surface area contributed by atoms with Crippen LogP contribution in [0.5, 0.6) is 5.75 Å². The van der Waals surface area contributed by atoms with Gasteiger partial charge in [0.15, 0.2) is 0 Å². The summed E-state index contributed by atoms with van der Waals surface area (Å²) in [6.45, 7) is 3.45. The van der Waals surface area contributed by atoms with E-state index in [1.54, 1.807) is 7.11 Å². The van der Waals surface area contributed by atoms with Crippen molar-refractivity contribution in [1.29, 1.82) is 0 Å². The van der Waals surface area contributed by atoms with E-state index in [0.29, 0.717) is 12.6 Å². The van der Waals surface area contributed by atoms with Crippen molar-refractivity contribution in [3.8, 4) is 5.75 Å². The van der Waals surface area contributed by atoms with Gasteiger partial charge in [0.1, 0.15) is 5.75 Å². The van der Waals surface area contributed by atoms with Gasteiger partial charge in [-0.15, -0.1) is 0 Å². The van der Waals surface area contributed by atoms with Crippen molar-refractivity contribution in [3.05, 3.63) is 24.3 Å². The van der Waals surface area contributed by atoms with Crippen molar-refractivity contribution < 1.29 is 9.47 Å². The Labute approximate surface area is 115 Å². The number of anilines is 1. The molecule has 2 N–H and O–H groups in total. The van der Waals surface area contributed by atoms with Crippen molar-refractivity contribution in [2.75, 3.05) is 32.2 Å². The Morgan fingerprint density at radius 2 is 2.16 bits per heavy atom. The fourth-order valence-electron chi connectivity index (χ4n) is 2.81. The fraction of sp³-hybridized carbons (Fsp3) is 0.600. The molecule has 0 unspecified atom stereocenters. The van der Waals surface area contributed by atoms with Crippen LogP contribution in [0.2, 0.25) is 0 Å². The highest BCUT2D eigenvalue weighted by Crippen LogP contribution is 2.41.